The van der Waals surface area contributed by atoms with Crippen molar-refractivity contribution in [3.8, 4) is 5.75 Å². The zero-order valence-electron chi connectivity index (χ0n) is 10.7. The quantitative estimate of drug-likeness (QED) is 0.913. The molecule has 1 amide bonds. The maximum Gasteiger partial charge on any atom is 0.260 e. The highest BCUT2D eigenvalue weighted by atomic mass is 19.1. The number of aromatic nitrogens is 2. The van der Waals surface area contributed by atoms with E-state index in [1.165, 1.54) is 17.0 Å². The van der Waals surface area contributed by atoms with E-state index in [1.807, 2.05) is 0 Å². The Labute approximate surface area is 109 Å². The van der Waals surface area contributed by atoms with Gasteiger partial charge in [0.1, 0.15) is 17.1 Å². The second kappa shape index (κ2) is 5.09. The summed E-state index contributed by atoms with van der Waals surface area (Å²) in [5.41, 5.74) is 0.517. The molecule has 1 aromatic heterocycles. The fourth-order valence-electron chi connectivity index (χ4n) is 1.81. The Morgan fingerprint density at radius 1 is 1.53 bits per heavy atom. The Kier molecular flexibility index (Phi) is 3.50. The van der Waals surface area contributed by atoms with Gasteiger partial charge in [-0.1, -0.05) is 6.07 Å². The van der Waals surface area contributed by atoms with Gasteiger partial charge in [0.2, 0.25) is 0 Å². The van der Waals surface area contributed by atoms with Crippen molar-refractivity contribution in [1.29, 1.82) is 0 Å². The summed E-state index contributed by atoms with van der Waals surface area (Å²) in [5.74, 6) is -1.66. The third-order valence-corrected chi connectivity index (χ3v) is 2.73. The van der Waals surface area contributed by atoms with Gasteiger partial charge in [-0.25, -0.2) is 4.39 Å². The number of carbonyl (C=O) groups excluding carboxylic acids is 1. The molecule has 100 valence electrons. The van der Waals surface area contributed by atoms with Crippen LogP contribution in [0.4, 0.5) is 4.39 Å². The second-order valence-corrected chi connectivity index (χ2v) is 4.32. The lowest BCUT2D eigenvalue weighted by Crippen LogP contribution is -2.27. The summed E-state index contributed by atoms with van der Waals surface area (Å²) in [6.07, 6.45) is 3.40. The summed E-state index contributed by atoms with van der Waals surface area (Å²) in [6, 6.07) is 3.78. The number of phenols is 1. The highest BCUT2D eigenvalue weighted by molar-refractivity contribution is 5.96. The van der Waals surface area contributed by atoms with E-state index in [9.17, 15) is 14.3 Å². The molecule has 0 unspecified atom stereocenters. The lowest BCUT2D eigenvalue weighted by molar-refractivity contribution is 0.0777. The predicted octanol–water partition coefficient (Wildman–Crippen LogP) is 1.54. The van der Waals surface area contributed by atoms with Crippen LogP contribution in [0, 0.1) is 5.82 Å². The molecule has 0 spiro atoms. The highest BCUT2D eigenvalue weighted by Gasteiger charge is 2.20. The molecule has 5 nitrogen and oxygen atoms in total. The molecule has 1 heterocycles. The molecule has 6 heteroatoms. The maximum absolute atomic E-state index is 13.6. The topological polar surface area (TPSA) is 58.4 Å². The molecule has 2 aromatic rings. The van der Waals surface area contributed by atoms with E-state index in [0.717, 1.165) is 11.6 Å². The van der Waals surface area contributed by atoms with Gasteiger partial charge in [-0.3, -0.25) is 9.48 Å². The summed E-state index contributed by atoms with van der Waals surface area (Å²) in [5, 5.41) is 13.6. The van der Waals surface area contributed by atoms with Gasteiger partial charge in [-0.05, 0) is 12.1 Å². The van der Waals surface area contributed by atoms with Crippen LogP contribution < -0.4 is 0 Å². The fraction of sp³-hybridized carbons (Fsp3) is 0.231. The maximum atomic E-state index is 13.6. The van der Waals surface area contributed by atoms with Crippen molar-refractivity contribution < 1.29 is 14.3 Å². The molecule has 19 heavy (non-hydrogen) atoms. The number of halogens is 1. The second-order valence-electron chi connectivity index (χ2n) is 4.32. The van der Waals surface area contributed by atoms with Crippen molar-refractivity contribution in [2.24, 2.45) is 7.05 Å². The molecule has 0 aliphatic carbocycles. The lowest BCUT2D eigenvalue weighted by atomic mass is 10.1. The summed E-state index contributed by atoms with van der Waals surface area (Å²) >= 11 is 0. The Morgan fingerprint density at radius 3 is 2.84 bits per heavy atom. The van der Waals surface area contributed by atoms with Crippen molar-refractivity contribution in [1.82, 2.24) is 14.7 Å². The van der Waals surface area contributed by atoms with E-state index in [4.69, 9.17) is 0 Å². The number of amides is 1. The normalized spacial score (nSPS) is 10.5. The number of aryl methyl sites for hydroxylation is 1. The van der Waals surface area contributed by atoms with Crippen LogP contribution in [0.25, 0.3) is 0 Å². The van der Waals surface area contributed by atoms with E-state index >= 15 is 0 Å². The molecule has 0 fully saturated rings. The number of hydrogen-bond donors (Lipinski definition) is 1. The summed E-state index contributed by atoms with van der Waals surface area (Å²) in [7, 11) is 3.31. The van der Waals surface area contributed by atoms with Gasteiger partial charge < -0.3 is 10.0 Å². The molecule has 0 radical (unpaired) electrons. The molecule has 1 N–H and O–H groups in total. The lowest BCUT2D eigenvalue weighted by Gasteiger charge is -2.17. The van der Waals surface area contributed by atoms with Crippen LogP contribution in [0.15, 0.2) is 30.6 Å². The summed E-state index contributed by atoms with van der Waals surface area (Å²) < 4.78 is 15.2. The zero-order chi connectivity index (χ0) is 14.0. The van der Waals surface area contributed by atoms with Gasteiger partial charge in [-0.2, -0.15) is 5.10 Å². The van der Waals surface area contributed by atoms with Gasteiger partial charge in [0, 0.05) is 32.4 Å². The third-order valence-electron chi connectivity index (χ3n) is 2.73. The number of nitrogens with zero attached hydrogens (tertiary/aromatic N) is 3. The summed E-state index contributed by atoms with van der Waals surface area (Å²) in [4.78, 5) is 13.4. The number of hydrogen-bond acceptors (Lipinski definition) is 3. The Balaban J connectivity index is 2.19. The van der Waals surface area contributed by atoms with Crippen molar-refractivity contribution in [2.75, 3.05) is 7.05 Å². The van der Waals surface area contributed by atoms with E-state index in [1.54, 1.807) is 31.2 Å². The minimum absolute atomic E-state index is 0.292. The van der Waals surface area contributed by atoms with Gasteiger partial charge >= 0.3 is 0 Å². The van der Waals surface area contributed by atoms with Crippen molar-refractivity contribution in [2.45, 2.75) is 6.54 Å². The fourth-order valence-corrected chi connectivity index (χ4v) is 1.81. The predicted molar refractivity (Wildman–Crippen MR) is 67.1 cm³/mol. The zero-order valence-corrected chi connectivity index (χ0v) is 10.7. The van der Waals surface area contributed by atoms with E-state index in [-0.39, 0.29) is 11.3 Å². The molecule has 0 atom stereocenters. The Morgan fingerprint density at radius 2 is 2.26 bits per heavy atom. The first kappa shape index (κ1) is 13.1. The average Bonchev–Trinajstić information content (AvgIpc) is 2.74. The van der Waals surface area contributed by atoms with Crippen LogP contribution in [0.5, 0.6) is 5.75 Å². The average molecular weight is 263 g/mol. The molecule has 0 saturated heterocycles. The van der Waals surface area contributed by atoms with Crippen LogP contribution in [-0.4, -0.2) is 32.7 Å². The first-order valence-corrected chi connectivity index (χ1v) is 5.69. The van der Waals surface area contributed by atoms with Crippen LogP contribution in [0.3, 0.4) is 0 Å². The molecule has 2 rings (SSSR count). The number of carbonyl (C=O) groups is 1. The Bertz CT molecular complexity index is 589. The highest BCUT2D eigenvalue weighted by Crippen LogP contribution is 2.21. The van der Waals surface area contributed by atoms with Gasteiger partial charge in [0.05, 0.1) is 6.20 Å². The minimum atomic E-state index is -0.733. The minimum Gasteiger partial charge on any atom is -0.507 e. The third kappa shape index (κ3) is 2.73. The van der Waals surface area contributed by atoms with Gasteiger partial charge in [0.15, 0.2) is 0 Å². The number of benzene rings is 1. The number of rotatable bonds is 3. The summed E-state index contributed by atoms with van der Waals surface area (Å²) in [6.45, 7) is 0.292. The molecule has 0 aliphatic rings. The molecular weight excluding hydrogens is 249 g/mol. The monoisotopic (exact) mass is 263 g/mol. The van der Waals surface area contributed by atoms with E-state index in [2.05, 4.69) is 5.10 Å². The smallest absolute Gasteiger partial charge is 0.260 e. The SMILES string of the molecule is CN(Cc1cnn(C)c1)C(=O)c1c(O)cccc1F. The van der Waals surface area contributed by atoms with Crippen LogP contribution >= 0.6 is 0 Å². The molecule has 1 aromatic carbocycles. The molecular formula is C13H14FN3O2. The Hall–Kier alpha value is -2.37. The van der Waals surface area contributed by atoms with E-state index < -0.39 is 11.7 Å². The number of phenolic OH excluding ortho intramolecular Hbond substituents is 1. The van der Waals surface area contributed by atoms with Gasteiger partial charge in [0.25, 0.3) is 5.91 Å². The van der Waals surface area contributed by atoms with Crippen LogP contribution in [0.1, 0.15) is 15.9 Å². The van der Waals surface area contributed by atoms with Crippen LogP contribution in [0.2, 0.25) is 0 Å². The standard InChI is InChI=1S/C13H14FN3O2/c1-16(7-9-6-15-17(2)8-9)13(19)12-10(14)4-3-5-11(12)18/h3-6,8,18H,7H2,1-2H3. The van der Waals surface area contributed by atoms with E-state index in [0.29, 0.717) is 6.54 Å². The van der Waals surface area contributed by atoms with Crippen molar-refractivity contribution in [3.05, 3.63) is 47.5 Å². The van der Waals surface area contributed by atoms with Crippen molar-refractivity contribution in [3.63, 3.8) is 0 Å². The van der Waals surface area contributed by atoms with Crippen LogP contribution in [-0.2, 0) is 13.6 Å². The first-order valence-electron chi connectivity index (χ1n) is 5.69. The molecule has 0 bridgehead atoms. The van der Waals surface area contributed by atoms with Crippen molar-refractivity contribution >= 4 is 5.91 Å². The largest absolute Gasteiger partial charge is 0.507 e. The molecule has 0 saturated carbocycles. The number of aromatic hydroxyl groups is 1. The first-order chi connectivity index (χ1) is 8.99. The van der Waals surface area contributed by atoms with Gasteiger partial charge in [-0.15, -0.1) is 0 Å². The molecule has 0 aliphatic heterocycles.